The second-order valence-corrected chi connectivity index (χ2v) is 5.93. The van der Waals surface area contributed by atoms with Crippen molar-refractivity contribution in [1.82, 2.24) is 4.90 Å². The molecule has 0 bridgehead atoms. The Balaban J connectivity index is 5.25. The van der Waals surface area contributed by atoms with Gasteiger partial charge >= 0.3 is 11.9 Å². The molecule has 144 valence electrons. The van der Waals surface area contributed by atoms with Gasteiger partial charge in [0, 0.05) is 12.8 Å². The number of unbranched alkanes of at least 4 members (excludes halogenated alkanes) is 4. The molecule has 7 nitrogen and oxygen atoms in total. The predicted octanol–water partition coefficient (Wildman–Crippen LogP) is 2.91. The fourth-order valence-corrected chi connectivity index (χ4v) is 2.45. The molecule has 0 radical (unpaired) electrons. The van der Waals surface area contributed by atoms with Gasteiger partial charge in [-0.25, -0.2) is 4.79 Å². The highest BCUT2D eigenvalue weighted by atomic mass is 16.5. The normalized spacial score (nSPS) is 11.6. The molecule has 0 aliphatic carbocycles. The predicted molar refractivity (Wildman–Crippen MR) is 92.8 cm³/mol. The number of esters is 1. The molecule has 0 aromatic heterocycles. The quantitative estimate of drug-likeness (QED) is 0.402. The zero-order chi connectivity index (χ0) is 19.2. The van der Waals surface area contributed by atoms with E-state index in [0.717, 1.165) is 30.6 Å². The highest BCUT2D eigenvalue weighted by Gasteiger charge is 2.36. The van der Waals surface area contributed by atoms with E-state index in [4.69, 9.17) is 4.74 Å². The molecule has 0 aromatic carbocycles. The Morgan fingerprint density at radius 2 is 1.36 bits per heavy atom. The van der Waals surface area contributed by atoms with Crippen molar-refractivity contribution in [2.45, 2.75) is 84.6 Å². The van der Waals surface area contributed by atoms with Gasteiger partial charge in [0.25, 0.3) is 0 Å². The molecular formula is C18H31NO6. The third-order valence-electron chi connectivity index (χ3n) is 3.79. The first-order valence-corrected chi connectivity index (χ1v) is 9.12. The average molecular weight is 357 g/mol. The van der Waals surface area contributed by atoms with Gasteiger partial charge in [-0.15, -0.1) is 0 Å². The number of hydrogen-bond acceptors (Lipinski definition) is 5. The summed E-state index contributed by atoms with van der Waals surface area (Å²) in [5, 5.41) is 9.45. The lowest BCUT2D eigenvalue weighted by Gasteiger charge is -2.27. The Bertz CT molecular complexity index is 427. The van der Waals surface area contributed by atoms with Crippen molar-refractivity contribution < 1.29 is 29.0 Å². The number of amides is 2. The van der Waals surface area contributed by atoms with Crippen molar-refractivity contribution in [2.75, 3.05) is 6.61 Å². The zero-order valence-electron chi connectivity index (χ0n) is 15.6. The minimum absolute atomic E-state index is 0.0972. The van der Waals surface area contributed by atoms with E-state index in [1.54, 1.807) is 6.92 Å². The standard InChI is InChI=1S/C18H31NO6/c1-4-7-9-11-15(20)19(16(21)12-10-8-5-2)14(18(23)24)13-17(22)25-6-3/h14H,4-13H2,1-3H3,(H,23,24). The van der Waals surface area contributed by atoms with Crippen LogP contribution in [0.25, 0.3) is 0 Å². The highest BCUT2D eigenvalue weighted by molar-refractivity contribution is 6.00. The van der Waals surface area contributed by atoms with E-state index in [1.165, 1.54) is 0 Å². The highest BCUT2D eigenvalue weighted by Crippen LogP contribution is 2.15. The molecule has 1 N–H and O–H groups in total. The minimum atomic E-state index is -1.51. The Labute approximate surface area is 149 Å². The second kappa shape index (κ2) is 13.4. The van der Waals surface area contributed by atoms with E-state index < -0.39 is 36.2 Å². The van der Waals surface area contributed by atoms with Crippen molar-refractivity contribution in [1.29, 1.82) is 0 Å². The molecule has 0 saturated heterocycles. The first-order chi connectivity index (χ1) is 11.9. The number of imide groups is 1. The number of rotatable bonds is 13. The summed E-state index contributed by atoms with van der Waals surface area (Å²) in [6.07, 6.45) is 4.28. The molecule has 0 spiro atoms. The number of carboxylic acids is 1. The molecule has 1 atom stereocenters. The fourth-order valence-electron chi connectivity index (χ4n) is 2.45. The van der Waals surface area contributed by atoms with Gasteiger partial charge in [0.05, 0.1) is 13.0 Å². The first kappa shape index (κ1) is 23.1. The van der Waals surface area contributed by atoms with E-state index in [9.17, 15) is 24.3 Å². The maximum atomic E-state index is 12.5. The number of ether oxygens (including phenoxy) is 1. The number of carbonyl (C=O) groups excluding carboxylic acids is 3. The Kier molecular flexibility index (Phi) is 12.4. The maximum absolute atomic E-state index is 12.5. The summed E-state index contributed by atoms with van der Waals surface area (Å²) < 4.78 is 4.78. The smallest absolute Gasteiger partial charge is 0.327 e. The molecule has 7 heteroatoms. The van der Waals surface area contributed by atoms with Gasteiger partial charge in [-0.3, -0.25) is 19.3 Å². The van der Waals surface area contributed by atoms with Crippen LogP contribution in [0.15, 0.2) is 0 Å². The second-order valence-electron chi connectivity index (χ2n) is 5.93. The number of carbonyl (C=O) groups is 4. The van der Waals surface area contributed by atoms with Gasteiger partial charge in [-0.1, -0.05) is 39.5 Å². The maximum Gasteiger partial charge on any atom is 0.327 e. The topological polar surface area (TPSA) is 101 Å². The molecule has 0 fully saturated rings. The lowest BCUT2D eigenvalue weighted by atomic mass is 10.1. The van der Waals surface area contributed by atoms with Gasteiger partial charge < -0.3 is 9.84 Å². The van der Waals surface area contributed by atoms with Crippen LogP contribution < -0.4 is 0 Å². The molecule has 0 saturated carbocycles. The third-order valence-corrected chi connectivity index (χ3v) is 3.79. The summed E-state index contributed by atoms with van der Waals surface area (Å²) in [4.78, 5) is 49.0. The van der Waals surface area contributed by atoms with E-state index in [2.05, 4.69) is 0 Å². The van der Waals surface area contributed by atoms with Crippen LogP contribution in [0.2, 0.25) is 0 Å². The van der Waals surface area contributed by atoms with Crippen molar-refractivity contribution >= 4 is 23.8 Å². The summed E-state index contributed by atoms with van der Waals surface area (Å²) in [5.41, 5.74) is 0. The van der Waals surface area contributed by atoms with Crippen molar-refractivity contribution in [3.05, 3.63) is 0 Å². The summed E-state index contributed by atoms with van der Waals surface area (Å²) in [6.45, 7) is 5.69. The average Bonchev–Trinajstić information content (AvgIpc) is 2.54. The third kappa shape index (κ3) is 9.22. The van der Waals surface area contributed by atoms with Crippen LogP contribution in [0.1, 0.15) is 78.6 Å². The Morgan fingerprint density at radius 1 is 0.880 bits per heavy atom. The van der Waals surface area contributed by atoms with Gasteiger partial charge in [-0.2, -0.15) is 0 Å². The number of carboxylic acid groups (broad SMARTS) is 1. The lowest BCUT2D eigenvalue weighted by molar-refractivity contribution is -0.161. The number of hydrogen-bond donors (Lipinski definition) is 1. The van der Waals surface area contributed by atoms with Crippen LogP contribution in [0.5, 0.6) is 0 Å². The molecular weight excluding hydrogens is 326 g/mol. The largest absolute Gasteiger partial charge is 0.480 e. The SMILES string of the molecule is CCCCCC(=O)N(C(=O)CCCCC)C(CC(=O)OCC)C(=O)O. The summed E-state index contributed by atoms with van der Waals surface area (Å²) in [7, 11) is 0. The van der Waals surface area contributed by atoms with Crippen LogP contribution >= 0.6 is 0 Å². The molecule has 0 aromatic rings. The van der Waals surface area contributed by atoms with Gasteiger partial charge in [0.2, 0.25) is 11.8 Å². The number of aliphatic carboxylic acids is 1. The van der Waals surface area contributed by atoms with Crippen LogP contribution in [0.3, 0.4) is 0 Å². The summed E-state index contributed by atoms with van der Waals surface area (Å²) >= 11 is 0. The number of nitrogens with zero attached hydrogens (tertiary/aromatic N) is 1. The summed E-state index contributed by atoms with van der Waals surface area (Å²) in [5.74, 6) is -3.18. The lowest BCUT2D eigenvalue weighted by Crippen LogP contribution is -2.49. The van der Waals surface area contributed by atoms with Crippen LogP contribution in [-0.4, -0.2) is 46.4 Å². The van der Waals surface area contributed by atoms with Crippen molar-refractivity contribution in [3.63, 3.8) is 0 Å². The molecule has 2 amide bonds. The van der Waals surface area contributed by atoms with E-state index in [1.807, 2.05) is 13.8 Å². The van der Waals surface area contributed by atoms with E-state index >= 15 is 0 Å². The van der Waals surface area contributed by atoms with Crippen LogP contribution in [0.4, 0.5) is 0 Å². The Hall–Kier alpha value is -1.92. The van der Waals surface area contributed by atoms with Gasteiger partial charge in [-0.05, 0) is 19.8 Å². The van der Waals surface area contributed by atoms with Crippen LogP contribution in [0, 0.1) is 0 Å². The van der Waals surface area contributed by atoms with E-state index in [0.29, 0.717) is 12.8 Å². The van der Waals surface area contributed by atoms with Gasteiger partial charge in [0.1, 0.15) is 6.04 Å². The van der Waals surface area contributed by atoms with Gasteiger partial charge in [0.15, 0.2) is 0 Å². The molecule has 25 heavy (non-hydrogen) atoms. The molecule has 0 rings (SSSR count). The first-order valence-electron chi connectivity index (χ1n) is 9.12. The fraction of sp³-hybridized carbons (Fsp3) is 0.778. The summed E-state index contributed by atoms with van der Waals surface area (Å²) in [6, 6.07) is -1.51. The molecule has 0 heterocycles. The zero-order valence-corrected chi connectivity index (χ0v) is 15.6. The Morgan fingerprint density at radius 3 is 1.72 bits per heavy atom. The van der Waals surface area contributed by atoms with Crippen LogP contribution in [-0.2, 0) is 23.9 Å². The molecule has 0 aliphatic heterocycles. The molecule has 1 unspecified atom stereocenters. The minimum Gasteiger partial charge on any atom is -0.480 e. The molecule has 0 aliphatic rings. The van der Waals surface area contributed by atoms with Crippen molar-refractivity contribution in [3.8, 4) is 0 Å². The monoisotopic (exact) mass is 357 g/mol. The van der Waals surface area contributed by atoms with Crippen molar-refractivity contribution in [2.24, 2.45) is 0 Å². The van der Waals surface area contributed by atoms with E-state index in [-0.39, 0.29) is 19.4 Å².